The van der Waals surface area contributed by atoms with Crippen molar-refractivity contribution < 1.29 is 0 Å². The highest BCUT2D eigenvalue weighted by atomic mass is 15.2. The van der Waals surface area contributed by atoms with Crippen LogP contribution in [0.2, 0.25) is 0 Å². The molecule has 1 saturated carbocycles. The van der Waals surface area contributed by atoms with Crippen LogP contribution in [0.5, 0.6) is 0 Å². The number of rotatable bonds is 0. The van der Waals surface area contributed by atoms with Gasteiger partial charge in [-0.1, -0.05) is 6.42 Å². The molecule has 0 amide bonds. The maximum Gasteiger partial charge on any atom is 0.0127 e. The molecular weight excluding hydrogens is 134 g/mol. The number of hydrogen-bond donors (Lipinski definition) is 0. The lowest BCUT2D eigenvalue weighted by Crippen LogP contribution is -2.26. The SMILES string of the molecule is CN1C2CCC1C1CCCC12. The Kier molecular flexibility index (Phi) is 1.18. The van der Waals surface area contributed by atoms with E-state index in [1.807, 2.05) is 0 Å². The Morgan fingerprint density at radius 3 is 2.00 bits per heavy atom. The van der Waals surface area contributed by atoms with E-state index in [9.17, 15) is 0 Å². The van der Waals surface area contributed by atoms with Gasteiger partial charge in [-0.25, -0.2) is 0 Å². The molecule has 1 aliphatic carbocycles. The molecule has 0 aromatic rings. The molecule has 3 rings (SSSR count). The summed E-state index contributed by atoms with van der Waals surface area (Å²) < 4.78 is 0. The lowest BCUT2D eigenvalue weighted by molar-refractivity contribution is 0.278. The Hall–Kier alpha value is -0.0400. The molecule has 4 unspecified atom stereocenters. The highest BCUT2D eigenvalue weighted by molar-refractivity contribution is 5.06. The Bertz CT molecular complexity index is 150. The highest BCUT2D eigenvalue weighted by Crippen LogP contribution is 2.52. The van der Waals surface area contributed by atoms with Gasteiger partial charge in [-0.3, -0.25) is 4.90 Å². The van der Waals surface area contributed by atoms with Crippen LogP contribution in [-0.2, 0) is 0 Å². The first-order chi connectivity index (χ1) is 5.38. The van der Waals surface area contributed by atoms with E-state index < -0.39 is 0 Å². The molecule has 11 heavy (non-hydrogen) atoms. The van der Waals surface area contributed by atoms with Crippen molar-refractivity contribution in [2.75, 3.05) is 7.05 Å². The van der Waals surface area contributed by atoms with Gasteiger partial charge < -0.3 is 0 Å². The maximum absolute atomic E-state index is 2.68. The van der Waals surface area contributed by atoms with Gasteiger partial charge in [0.05, 0.1) is 0 Å². The second-order valence-electron chi connectivity index (χ2n) is 4.64. The van der Waals surface area contributed by atoms with Gasteiger partial charge in [-0.05, 0) is 44.6 Å². The quantitative estimate of drug-likeness (QED) is 0.511. The van der Waals surface area contributed by atoms with Crippen LogP contribution in [0.25, 0.3) is 0 Å². The fourth-order valence-electron chi connectivity index (χ4n) is 4.00. The standard InChI is InChI=1S/C10H17N/c1-11-9-5-6-10(11)8-4-2-3-7(8)9/h7-10H,2-6H2,1H3. The summed E-state index contributed by atoms with van der Waals surface area (Å²) in [6.45, 7) is 0. The second kappa shape index (κ2) is 2.01. The van der Waals surface area contributed by atoms with Gasteiger partial charge in [-0.15, -0.1) is 0 Å². The predicted molar refractivity (Wildman–Crippen MR) is 45.4 cm³/mol. The van der Waals surface area contributed by atoms with Gasteiger partial charge in [0.25, 0.3) is 0 Å². The van der Waals surface area contributed by atoms with Crippen molar-refractivity contribution in [1.82, 2.24) is 4.90 Å². The monoisotopic (exact) mass is 151 g/mol. The van der Waals surface area contributed by atoms with E-state index in [-0.39, 0.29) is 0 Å². The molecule has 3 aliphatic rings. The van der Waals surface area contributed by atoms with Crippen LogP contribution in [0.1, 0.15) is 32.1 Å². The van der Waals surface area contributed by atoms with Crippen molar-refractivity contribution in [3.05, 3.63) is 0 Å². The zero-order chi connectivity index (χ0) is 7.42. The molecule has 0 aromatic heterocycles. The first-order valence-electron chi connectivity index (χ1n) is 5.10. The first kappa shape index (κ1) is 6.47. The van der Waals surface area contributed by atoms with E-state index in [0.717, 1.165) is 23.9 Å². The summed E-state index contributed by atoms with van der Waals surface area (Å²) in [6, 6.07) is 1.99. The highest BCUT2D eigenvalue weighted by Gasteiger charge is 2.52. The molecule has 2 heterocycles. The summed E-state index contributed by atoms with van der Waals surface area (Å²) in [7, 11) is 2.35. The smallest absolute Gasteiger partial charge is 0.0127 e. The summed E-state index contributed by atoms with van der Waals surface area (Å²) in [6.07, 6.45) is 7.60. The van der Waals surface area contributed by atoms with Crippen LogP contribution in [0.3, 0.4) is 0 Å². The van der Waals surface area contributed by atoms with E-state index in [0.29, 0.717) is 0 Å². The summed E-state index contributed by atoms with van der Waals surface area (Å²) in [5, 5.41) is 0. The van der Waals surface area contributed by atoms with Crippen molar-refractivity contribution in [3.63, 3.8) is 0 Å². The molecule has 3 fully saturated rings. The van der Waals surface area contributed by atoms with Crippen LogP contribution >= 0.6 is 0 Å². The number of fused-ring (bicyclic) bond motifs is 5. The van der Waals surface area contributed by atoms with Crippen molar-refractivity contribution in [3.8, 4) is 0 Å². The second-order valence-corrected chi connectivity index (χ2v) is 4.64. The third-order valence-corrected chi connectivity index (χ3v) is 4.42. The van der Waals surface area contributed by atoms with E-state index >= 15 is 0 Å². The largest absolute Gasteiger partial charge is 0.300 e. The lowest BCUT2D eigenvalue weighted by atomic mass is 9.82. The first-order valence-corrected chi connectivity index (χ1v) is 5.10. The summed E-state index contributed by atoms with van der Waals surface area (Å²) >= 11 is 0. The molecule has 0 aromatic carbocycles. The molecular formula is C10H17N. The van der Waals surface area contributed by atoms with E-state index in [2.05, 4.69) is 11.9 Å². The van der Waals surface area contributed by atoms with Crippen LogP contribution < -0.4 is 0 Å². The van der Waals surface area contributed by atoms with Gasteiger partial charge in [0.1, 0.15) is 0 Å². The summed E-state index contributed by atoms with van der Waals surface area (Å²) in [4.78, 5) is 2.68. The summed E-state index contributed by atoms with van der Waals surface area (Å²) in [5.41, 5.74) is 0. The fourth-order valence-corrected chi connectivity index (χ4v) is 4.00. The van der Waals surface area contributed by atoms with E-state index in [1.165, 1.54) is 32.1 Å². The summed E-state index contributed by atoms with van der Waals surface area (Å²) in [5.74, 6) is 2.22. The molecule has 4 atom stereocenters. The average Bonchev–Trinajstić information content (AvgIpc) is 2.61. The van der Waals surface area contributed by atoms with Crippen molar-refractivity contribution in [2.45, 2.75) is 44.2 Å². The van der Waals surface area contributed by atoms with Crippen LogP contribution in [-0.4, -0.2) is 24.0 Å². The molecule has 2 aliphatic heterocycles. The van der Waals surface area contributed by atoms with Crippen molar-refractivity contribution in [2.24, 2.45) is 11.8 Å². The van der Waals surface area contributed by atoms with Gasteiger partial charge in [0.15, 0.2) is 0 Å². The average molecular weight is 151 g/mol. The minimum atomic E-state index is 0.993. The normalized spacial score (nSPS) is 55.4. The molecule has 0 spiro atoms. The van der Waals surface area contributed by atoms with Gasteiger partial charge in [0.2, 0.25) is 0 Å². The van der Waals surface area contributed by atoms with Gasteiger partial charge >= 0.3 is 0 Å². The van der Waals surface area contributed by atoms with Crippen LogP contribution in [0, 0.1) is 11.8 Å². The Labute approximate surface area is 68.8 Å². The minimum Gasteiger partial charge on any atom is -0.300 e. The topological polar surface area (TPSA) is 3.24 Å². The van der Waals surface area contributed by atoms with E-state index in [4.69, 9.17) is 0 Å². The van der Waals surface area contributed by atoms with Crippen molar-refractivity contribution in [1.29, 1.82) is 0 Å². The molecule has 2 bridgehead atoms. The third kappa shape index (κ3) is 0.658. The Morgan fingerprint density at radius 2 is 1.45 bits per heavy atom. The fraction of sp³-hybridized carbons (Fsp3) is 1.00. The minimum absolute atomic E-state index is 0.993. The lowest BCUT2D eigenvalue weighted by Gasteiger charge is -2.21. The molecule has 0 N–H and O–H groups in total. The van der Waals surface area contributed by atoms with Crippen molar-refractivity contribution >= 4 is 0 Å². The predicted octanol–water partition coefficient (Wildman–Crippen LogP) is 1.88. The zero-order valence-corrected chi connectivity index (χ0v) is 7.29. The Morgan fingerprint density at radius 1 is 0.909 bits per heavy atom. The molecule has 1 nitrogen and oxygen atoms in total. The van der Waals surface area contributed by atoms with Gasteiger partial charge in [0, 0.05) is 12.1 Å². The molecule has 0 radical (unpaired) electrons. The van der Waals surface area contributed by atoms with Crippen LogP contribution in [0.15, 0.2) is 0 Å². The van der Waals surface area contributed by atoms with Gasteiger partial charge in [-0.2, -0.15) is 0 Å². The molecule has 62 valence electrons. The molecule has 2 saturated heterocycles. The molecule has 1 heteroatoms. The number of nitrogens with zero attached hydrogens (tertiary/aromatic N) is 1. The number of hydrogen-bond acceptors (Lipinski definition) is 1. The van der Waals surface area contributed by atoms with E-state index in [1.54, 1.807) is 0 Å². The maximum atomic E-state index is 2.68. The zero-order valence-electron chi connectivity index (χ0n) is 7.29. The third-order valence-electron chi connectivity index (χ3n) is 4.42. The Balaban J connectivity index is 1.94. The van der Waals surface area contributed by atoms with Crippen LogP contribution in [0.4, 0.5) is 0 Å².